The molecule has 5 rings (SSSR count). The molecular weight excluding hydrogens is 835 g/mol. The van der Waals surface area contributed by atoms with Gasteiger partial charge in [0.2, 0.25) is 11.8 Å². The second-order valence-corrected chi connectivity index (χ2v) is 17.4. The topological polar surface area (TPSA) is 234 Å². The predicted molar refractivity (Wildman–Crippen MR) is 256 cm³/mol. The Morgan fingerprint density at radius 2 is 1.61 bits per heavy atom. The fourth-order valence-corrected chi connectivity index (χ4v) is 8.91. The molecule has 352 valence electrons. The summed E-state index contributed by atoms with van der Waals surface area (Å²) in [6.07, 6.45) is 5.22. The number of ether oxygens (including phenoxy) is 2. The molecule has 1 aliphatic heterocycles. The van der Waals surface area contributed by atoms with Crippen LogP contribution in [-0.4, -0.2) is 85.0 Å². The van der Waals surface area contributed by atoms with Crippen LogP contribution in [0.2, 0.25) is 0 Å². The molecule has 4 bridgehead atoms. The van der Waals surface area contributed by atoms with Gasteiger partial charge in [0, 0.05) is 85.4 Å². The summed E-state index contributed by atoms with van der Waals surface area (Å²) in [6.45, 7) is 8.42. The maximum Gasteiger partial charge on any atom is 0.226 e. The molecule has 3 aromatic carbocycles. The van der Waals surface area contributed by atoms with Gasteiger partial charge in [-0.1, -0.05) is 51.3 Å². The van der Waals surface area contributed by atoms with E-state index >= 15 is 0 Å². The van der Waals surface area contributed by atoms with E-state index in [2.05, 4.69) is 24.4 Å². The number of nitriles is 1. The number of fused-ring (bicyclic) bond motifs is 6. The molecule has 14 nitrogen and oxygen atoms in total. The summed E-state index contributed by atoms with van der Waals surface area (Å²) in [7, 11) is 1.53. The van der Waals surface area contributed by atoms with Crippen molar-refractivity contribution in [3.05, 3.63) is 88.1 Å². The Hall–Kier alpha value is -6.01. The fourth-order valence-electron chi connectivity index (χ4n) is 8.91. The maximum absolute atomic E-state index is 14.9. The smallest absolute Gasteiger partial charge is 0.226 e. The number of likely N-dealkylation sites (N-methyl/N-ethyl adjacent to an activating group) is 1. The van der Waals surface area contributed by atoms with Crippen molar-refractivity contribution < 1.29 is 33.4 Å². The van der Waals surface area contributed by atoms with Gasteiger partial charge in [-0.3, -0.25) is 29.0 Å². The molecule has 0 aliphatic carbocycles. The van der Waals surface area contributed by atoms with Crippen LogP contribution in [0.25, 0.3) is 22.0 Å². The number of nitrogens with zero attached hydrogens (tertiary/aromatic N) is 3. The van der Waals surface area contributed by atoms with Crippen LogP contribution in [0.3, 0.4) is 0 Å². The van der Waals surface area contributed by atoms with Gasteiger partial charge in [-0.2, -0.15) is 5.26 Å². The zero-order valence-electron chi connectivity index (χ0n) is 39.3. The zero-order valence-corrected chi connectivity index (χ0v) is 39.3. The first-order valence-electron chi connectivity index (χ1n) is 23.3. The lowest BCUT2D eigenvalue weighted by Crippen LogP contribution is -2.46. The van der Waals surface area contributed by atoms with Crippen LogP contribution >= 0.6 is 0 Å². The molecular formula is C52H67N7O7. The van der Waals surface area contributed by atoms with Crippen LogP contribution in [0.1, 0.15) is 116 Å². The van der Waals surface area contributed by atoms with E-state index in [1.54, 1.807) is 44.2 Å². The highest BCUT2D eigenvalue weighted by molar-refractivity contribution is 6.04. The third kappa shape index (κ3) is 12.7. The average molecular weight is 902 g/mol. The van der Waals surface area contributed by atoms with Gasteiger partial charge >= 0.3 is 0 Å². The van der Waals surface area contributed by atoms with Crippen LogP contribution in [-0.2, 0) is 32.0 Å². The molecule has 0 saturated carbocycles. The molecule has 0 radical (unpaired) electrons. The molecule has 1 aromatic heterocycles. The molecule has 0 unspecified atom stereocenters. The van der Waals surface area contributed by atoms with E-state index in [0.717, 1.165) is 42.1 Å². The van der Waals surface area contributed by atoms with Crippen molar-refractivity contribution in [3.8, 4) is 28.7 Å². The number of aromatic nitrogens is 1. The molecule has 66 heavy (non-hydrogen) atoms. The molecule has 2 amide bonds. The number of Topliss-reactive ketones (excluding diaryl/α,β-unsaturated/α-hetero) is 3. The maximum atomic E-state index is 14.9. The van der Waals surface area contributed by atoms with E-state index in [0.29, 0.717) is 45.0 Å². The van der Waals surface area contributed by atoms with Crippen molar-refractivity contribution in [2.45, 2.75) is 110 Å². The average Bonchev–Trinajstić information content (AvgIpc) is 3.30. The Morgan fingerprint density at radius 3 is 2.27 bits per heavy atom. The van der Waals surface area contributed by atoms with Crippen molar-refractivity contribution in [2.24, 2.45) is 29.0 Å². The van der Waals surface area contributed by atoms with Crippen LogP contribution in [0.4, 0.5) is 0 Å². The van der Waals surface area contributed by atoms with Gasteiger partial charge in [-0.15, -0.1) is 0 Å². The standard InChI is InChI=1S/C52H67N7O7/c1-6-7-8-9-11-35-13-16-42-39(27-35)33(3)49(34(4)57-42)45(61)31-38(19-21-54)52(64)59(5)50-37-15-18-48(66-25-23-56)41(30-37)40-28-36(14-17-47(40)65-24-22-55)29-43(44(60)12-10-20-53)58-51(63)32(2)26-46(50)62/h13-18,27-28,30,32,38,43,50H,6-12,19,21-26,29,31,54-56H2,1-5H3,(H,58,63)/t32-,38-,43+,50+/m1/s1. The highest BCUT2D eigenvalue weighted by Crippen LogP contribution is 2.41. The number of aryl methyl sites for hydroxylation is 3. The number of carbonyl (C=O) groups is 5. The number of nitrogens with two attached hydrogens (primary N) is 3. The van der Waals surface area contributed by atoms with Gasteiger partial charge in [-0.25, -0.2) is 0 Å². The molecule has 1 aliphatic rings. The lowest BCUT2D eigenvalue weighted by atomic mass is 9.87. The largest absolute Gasteiger partial charge is 0.492 e. The lowest BCUT2D eigenvalue weighted by Gasteiger charge is -2.32. The van der Waals surface area contributed by atoms with E-state index in [1.165, 1.54) is 23.9 Å². The van der Waals surface area contributed by atoms with Crippen LogP contribution in [0, 0.1) is 37.0 Å². The fraction of sp³-hybridized carbons (Fsp3) is 0.481. The molecule has 0 fully saturated rings. The first-order valence-corrected chi connectivity index (χ1v) is 23.3. The minimum atomic E-state index is -1.22. The van der Waals surface area contributed by atoms with Crippen LogP contribution in [0.15, 0.2) is 54.6 Å². The molecule has 0 saturated heterocycles. The quantitative estimate of drug-likeness (QED) is 0.0514. The number of unbranched alkanes of at least 4 members (excludes halogenated alkanes) is 3. The first-order chi connectivity index (χ1) is 31.8. The van der Waals surface area contributed by atoms with Gasteiger partial charge in [0.15, 0.2) is 17.3 Å². The summed E-state index contributed by atoms with van der Waals surface area (Å²) < 4.78 is 12.3. The predicted octanol–water partition coefficient (Wildman–Crippen LogP) is 6.56. The van der Waals surface area contributed by atoms with Crippen molar-refractivity contribution in [1.29, 1.82) is 5.26 Å². The second-order valence-electron chi connectivity index (χ2n) is 17.4. The van der Waals surface area contributed by atoms with E-state index in [9.17, 15) is 29.2 Å². The minimum absolute atomic E-state index is 0.0256. The molecule has 4 aromatic rings. The van der Waals surface area contributed by atoms with Gasteiger partial charge in [0.25, 0.3) is 0 Å². The number of nitrogens with one attached hydrogen (secondary N) is 1. The van der Waals surface area contributed by atoms with Crippen LogP contribution < -0.4 is 32.0 Å². The number of hydrogen-bond acceptors (Lipinski definition) is 12. The number of hydrogen-bond donors (Lipinski definition) is 4. The van der Waals surface area contributed by atoms with Crippen LogP contribution in [0.5, 0.6) is 11.5 Å². The summed E-state index contributed by atoms with van der Waals surface area (Å²) in [5.41, 5.74) is 23.9. The number of pyridine rings is 1. The Morgan fingerprint density at radius 1 is 0.909 bits per heavy atom. The zero-order chi connectivity index (χ0) is 47.9. The van der Waals surface area contributed by atoms with Crippen molar-refractivity contribution in [2.75, 3.05) is 39.9 Å². The highest BCUT2D eigenvalue weighted by Gasteiger charge is 2.36. The second kappa shape index (κ2) is 24.5. The lowest BCUT2D eigenvalue weighted by molar-refractivity contribution is -0.142. The summed E-state index contributed by atoms with van der Waals surface area (Å²) in [4.78, 5) is 77.7. The number of amides is 2. The molecule has 4 atom stereocenters. The SMILES string of the molecule is CCCCCCc1ccc2nc(C)c(C(=O)C[C@@H](CCN)C(=O)N(C)[C@@H]3C(=O)C[C@@H](C)C(=O)N[C@H](C(=O)CCC#N)Cc4ccc(OCCN)c(c4)-c4cc3ccc4OCCN)c(C)c2c1. The number of carbonyl (C=O) groups excluding carboxylic acids is 5. The summed E-state index contributed by atoms with van der Waals surface area (Å²) in [5.74, 6) is -2.94. The Balaban J connectivity index is 1.58. The first kappa shape index (κ1) is 51.0. The Bertz CT molecular complexity index is 2430. The molecule has 0 spiro atoms. The Kier molecular flexibility index (Phi) is 18.9. The summed E-state index contributed by atoms with van der Waals surface area (Å²) in [5, 5.41) is 13.0. The molecule has 14 heteroatoms. The number of benzene rings is 3. The number of ketones is 3. The van der Waals surface area contributed by atoms with Gasteiger partial charge in [-0.05, 0) is 105 Å². The van der Waals surface area contributed by atoms with E-state index in [-0.39, 0.29) is 82.9 Å². The van der Waals surface area contributed by atoms with E-state index in [4.69, 9.17) is 31.7 Å². The normalized spacial score (nSPS) is 16.7. The highest BCUT2D eigenvalue weighted by atomic mass is 16.5. The van der Waals surface area contributed by atoms with Gasteiger partial charge in [0.1, 0.15) is 30.8 Å². The summed E-state index contributed by atoms with van der Waals surface area (Å²) in [6, 6.07) is 16.6. The monoisotopic (exact) mass is 902 g/mol. The summed E-state index contributed by atoms with van der Waals surface area (Å²) >= 11 is 0. The van der Waals surface area contributed by atoms with Crippen molar-refractivity contribution >= 4 is 40.1 Å². The van der Waals surface area contributed by atoms with Crippen molar-refractivity contribution in [3.63, 3.8) is 0 Å². The Labute approximate surface area is 389 Å². The van der Waals surface area contributed by atoms with E-state index in [1.807, 2.05) is 25.1 Å². The van der Waals surface area contributed by atoms with E-state index < -0.39 is 41.5 Å². The minimum Gasteiger partial charge on any atom is -0.492 e. The molecule has 2 heterocycles. The van der Waals surface area contributed by atoms with Crippen molar-refractivity contribution in [1.82, 2.24) is 15.2 Å². The van der Waals surface area contributed by atoms with Gasteiger partial charge in [0.05, 0.1) is 17.6 Å². The third-order valence-electron chi connectivity index (χ3n) is 12.4. The third-order valence-corrected chi connectivity index (χ3v) is 12.4. The van der Waals surface area contributed by atoms with Gasteiger partial charge < -0.3 is 36.9 Å². The number of rotatable bonds is 21. The molecule has 7 N–H and O–H groups in total.